The van der Waals surface area contributed by atoms with Crippen LogP contribution in [-0.2, 0) is 10.0 Å². The van der Waals surface area contributed by atoms with Crippen molar-refractivity contribution in [2.75, 3.05) is 13.1 Å². The Labute approximate surface area is 121 Å². The Bertz CT molecular complexity index is 683. The number of aryl methyl sites for hydroxylation is 1. The number of nitrogens with one attached hydrogen (secondary N) is 1. The van der Waals surface area contributed by atoms with Crippen LogP contribution in [0.15, 0.2) is 4.90 Å². The van der Waals surface area contributed by atoms with E-state index >= 15 is 0 Å². The Morgan fingerprint density at radius 2 is 2.10 bits per heavy atom. The third-order valence-corrected chi connectivity index (χ3v) is 6.47. The van der Waals surface area contributed by atoms with Crippen molar-refractivity contribution in [2.45, 2.75) is 30.8 Å². The second-order valence-electron chi connectivity index (χ2n) is 5.72. The number of sulfonamides is 1. The summed E-state index contributed by atoms with van der Waals surface area (Å²) in [6.45, 7) is 2.05. The van der Waals surface area contributed by atoms with Gasteiger partial charge in [-0.25, -0.2) is 13.2 Å². The minimum atomic E-state index is -3.92. The molecule has 1 aliphatic carbocycles. The summed E-state index contributed by atoms with van der Waals surface area (Å²) < 4.78 is 26.7. The van der Waals surface area contributed by atoms with Gasteiger partial charge in [0.2, 0.25) is 10.0 Å². The monoisotopic (exact) mass is 315 g/mol. The average molecular weight is 315 g/mol. The van der Waals surface area contributed by atoms with Crippen LogP contribution in [0.4, 0.5) is 0 Å². The van der Waals surface area contributed by atoms with Crippen molar-refractivity contribution in [3.63, 3.8) is 0 Å². The molecule has 9 heteroatoms. The van der Waals surface area contributed by atoms with Crippen molar-refractivity contribution in [1.82, 2.24) is 14.5 Å². The third-order valence-electron chi connectivity index (χ3n) is 4.48. The molecule has 3 unspecified atom stereocenters. The van der Waals surface area contributed by atoms with E-state index in [1.165, 1.54) is 11.2 Å². The van der Waals surface area contributed by atoms with Crippen LogP contribution in [0.1, 0.15) is 29.0 Å². The fourth-order valence-corrected chi connectivity index (χ4v) is 5.22. The van der Waals surface area contributed by atoms with E-state index in [9.17, 15) is 18.3 Å². The molecule has 2 fully saturated rings. The summed E-state index contributed by atoms with van der Waals surface area (Å²) in [5.41, 5.74) is -0.268. The summed E-state index contributed by atoms with van der Waals surface area (Å²) >= 11 is 0. The van der Waals surface area contributed by atoms with Gasteiger partial charge in [-0.1, -0.05) is 0 Å². The molecule has 0 spiro atoms. The number of carbonyl (C=O) groups is 1. The molecule has 3 N–H and O–H groups in total. The van der Waals surface area contributed by atoms with Crippen molar-refractivity contribution >= 4 is 16.0 Å². The number of aliphatic hydroxyl groups excluding tert-OH is 1. The molecule has 0 bridgehead atoms. The molecule has 0 aromatic carbocycles. The number of aromatic nitrogens is 2. The van der Waals surface area contributed by atoms with Crippen LogP contribution in [0, 0.1) is 18.8 Å². The first-order chi connectivity index (χ1) is 9.82. The lowest BCUT2D eigenvalue weighted by atomic mass is 10.00. The Morgan fingerprint density at radius 3 is 2.71 bits per heavy atom. The van der Waals surface area contributed by atoms with Crippen molar-refractivity contribution in [1.29, 1.82) is 0 Å². The number of fused-ring (bicyclic) bond motifs is 1. The predicted octanol–water partition coefficient (Wildman–Crippen LogP) is -0.192. The third kappa shape index (κ3) is 2.16. The summed E-state index contributed by atoms with van der Waals surface area (Å²) in [4.78, 5) is 10.9. The molecule has 1 saturated carbocycles. The van der Waals surface area contributed by atoms with Gasteiger partial charge in [0.1, 0.15) is 4.90 Å². The number of aliphatic hydroxyl groups is 1. The Morgan fingerprint density at radius 1 is 1.38 bits per heavy atom. The standard InChI is InChI=1S/C12H17N3O5S/c1-6-11(10(12(17)18)14-13-6)21(19,20)15-4-7-2-3-9(16)8(7)5-15/h7-9,16H,2-5H2,1H3,(H,13,14)(H,17,18). The van der Waals surface area contributed by atoms with Crippen LogP contribution in [-0.4, -0.2) is 58.3 Å². The molecule has 0 radical (unpaired) electrons. The van der Waals surface area contributed by atoms with Gasteiger partial charge < -0.3 is 10.2 Å². The normalized spacial score (nSPS) is 29.7. The van der Waals surface area contributed by atoms with Crippen molar-refractivity contribution in [2.24, 2.45) is 11.8 Å². The van der Waals surface area contributed by atoms with E-state index in [4.69, 9.17) is 5.11 Å². The van der Waals surface area contributed by atoms with Crippen LogP contribution in [0.25, 0.3) is 0 Å². The van der Waals surface area contributed by atoms with Gasteiger partial charge in [-0.2, -0.15) is 9.40 Å². The summed E-state index contributed by atoms with van der Waals surface area (Å²) in [5, 5.41) is 24.9. The highest BCUT2D eigenvalue weighted by atomic mass is 32.2. The van der Waals surface area contributed by atoms with Gasteiger partial charge in [0.05, 0.1) is 11.8 Å². The highest BCUT2D eigenvalue weighted by Gasteiger charge is 2.47. The molecule has 1 aromatic rings. The molecular formula is C12H17N3O5S. The molecule has 116 valence electrons. The lowest BCUT2D eigenvalue weighted by Crippen LogP contribution is -2.32. The Hall–Kier alpha value is -1.45. The molecule has 21 heavy (non-hydrogen) atoms. The van der Waals surface area contributed by atoms with E-state index in [-0.39, 0.29) is 29.0 Å². The molecule has 1 saturated heterocycles. The van der Waals surface area contributed by atoms with E-state index in [1.807, 2.05) is 0 Å². The number of hydrogen-bond acceptors (Lipinski definition) is 5. The molecule has 1 aromatic heterocycles. The predicted molar refractivity (Wildman–Crippen MR) is 71.3 cm³/mol. The van der Waals surface area contributed by atoms with Crippen molar-refractivity contribution in [3.05, 3.63) is 11.4 Å². The van der Waals surface area contributed by atoms with Crippen LogP contribution >= 0.6 is 0 Å². The lowest BCUT2D eigenvalue weighted by molar-refractivity contribution is 0.0686. The fraction of sp³-hybridized carbons (Fsp3) is 0.667. The molecule has 8 nitrogen and oxygen atoms in total. The van der Waals surface area contributed by atoms with Crippen LogP contribution in [0.3, 0.4) is 0 Å². The summed E-state index contributed by atoms with van der Waals surface area (Å²) in [7, 11) is -3.92. The lowest BCUT2D eigenvalue weighted by Gasteiger charge is -2.18. The maximum Gasteiger partial charge on any atom is 0.357 e. The smallest absolute Gasteiger partial charge is 0.357 e. The highest BCUT2D eigenvalue weighted by Crippen LogP contribution is 2.40. The summed E-state index contributed by atoms with van der Waals surface area (Å²) in [5.74, 6) is -1.28. The minimum Gasteiger partial charge on any atom is -0.476 e. The van der Waals surface area contributed by atoms with Crippen molar-refractivity contribution < 1.29 is 23.4 Å². The molecule has 0 amide bonds. The van der Waals surface area contributed by atoms with E-state index in [1.54, 1.807) is 0 Å². The molecule has 2 heterocycles. The Balaban J connectivity index is 1.96. The van der Waals surface area contributed by atoms with E-state index in [0.717, 1.165) is 6.42 Å². The molecule has 2 aliphatic rings. The molecule has 3 atom stereocenters. The van der Waals surface area contributed by atoms with E-state index in [0.29, 0.717) is 13.0 Å². The number of nitrogens with zero attached hydrogens (tertiary/aromatic N) is 2. The van der Waals surface area contributed by atoms with Gasteiger partial charge >= 0.3 is 5.97 Å². The Kier molecular flexibility index (Phi) is 3.30. The summed E-state index contributed by atoms with van der Waals surface area (Å²) in [6.07, 6.45) is 1.03. The summed E-state index contributed by atoms with van der Waals surface area (Å²) in [6, 6.07) is 0. The van der Waals surface area contributed by atoms with E-state index < -0.39 is 27.8 Å². The number of aromatic carboxylic acids is 1. The quantitative estimate of drug-likeness (QED) is 0.710. The van der Waals surface area contributed by atoms with Crippen molar-refractivity contribution in [3.8, 4) is 0 Å². The number of rotatable bonds is 3. The van der Waals surface area contributed by atoms with Gasteiger partial charge in [-0.05, 0) is 25.7 Å². The molecule has 3 rings (SSSR count). The topological polar surface area (TPSA) is 124 Å². The minimum absolute atomic E-state index is 0.0553. The maximum atomic E-state index is 12.7. The van der Waals surface area contributed by atoms with Crippen LogP contribution in [0.2, 0.25) is 0 Å². The number of hydrogen-bond donors (Lipinski definition) is 3. The average Bonchev–Trinajstić information content (AvgIpc) is 3.05. The first-order valence-electron chi connectivity index (χ1n) is 6.79. The van der Waals surface area contributed by atoms with E-state index in [2.05, 4.69) is 10.2 Å². The van der Waals surface area contributed by atoms with Crippen LogP contribution in [0.5, 0.6) is 0 Å². The first kappa shape index (κ1) is 14.5. The zero-order chi connectivity index (χ0) is 15.4. The molecular weight excluding hydrogens is 298 g/mol. The fourth-order valence-electron chi connectivity index (χ4n) is 3.40. The van der Waals surface area contributed by atoms with Gasteiger partial charge in [-0.3, -0.25) is 5.10 Å². The van der Waals surface area contributed by atoms with Gasteiger partial charge in [0, 0.05) is 19.0 Å². The number of carboxylic acid groups (broad SMARTS) is 1. The van der Waals surface area contributed by atoms with Gasteiger partial charge in [0.15, 0.2) is 5.69 Å². The first-order valence-corrected chi connectivity index (χ1v) is 8.23. The number of H-pyrrole nitrogens is 1. The highest BCUT2D eigenvalue weighted by molar-refractivity contribution is 7.89. The SMILES string of the molecule is Cc1[nH]nc(C(=O)O)c1S(=O)(=O)N1CC2CCC(O)C2C1. The van der Waals surface area contributed by atoms with Crippen LogP contribution < -0.4 is 0 Å². The zero-order valence-electron chi connectivity index (χ0n) is 11.5. The molecule has 1 aliphatic heterocycles. The maximum absolute atomic E-state index is 12.7. The largest absolute Gasteiger partial charge is 0.476 e. The second-order valence-corrected chi connectivity index (χ2v) is 7.60. The van der Waals surface area contributed by atoms with Gasteiger partial charge in [-0.15, -0.1) is 0 Å². The number of carboxylic acids is 1. The zero-order valence-corrected chi connectivity index (χ0v) is 12.3. The number of aromatic amines is 1. The van der Waals surface area contributed by atoms with Gasteiger partial charge in [0.25, 0.3) is 0 Å². The second kappa shape index (κ2) is 4.79.